The van der Waals surface area contributed by atoms with E-state index in [0.29, 0.717) is 86.1 Å². The Balaban J connectivity index is 1.33. The van der Waals surface area contributed by atoms with Crippen LogP contribution >= 0.6 is 0 Å². The Bertz CT molecular complexity index is 1430. The predicted molar refractivity (Wildman–Crippen MR) is 138 cm³/mol. The highest BCUT2D eigenvalue weighted by molar-refractivity contribution is 6.05. The molecule has 2 fully saturated rings. The number of nitrogens with one attached hydrogen (secondary N) is 1. The predicted octanol–water partition coefficient (Wildman–Crippen LogP) is 1.92. The van der Waals surface area contributed by atoms with E-state index in [1.54, 1.807) is 42.6 Å². The number of aliphatic hydroxyl groups excluding tert-OH is 1. The minimum atomic E-state index is -0.464. The van der Waals surface area contributed by atoms with Crippen molar-refractivity contribution in [2.45, 2.75) is 12.5 Å². The number of rotatable bonds is 5. The van der Waals surface area contributed by atoms with E-state index in [0.717, 1.165) is 5.56 Å². The number of fused-ring (bicyclic) bond motifs is 1. The van der Waals surface area contributed by atoms with Crippen molar-refractivity contribution >= 4 is 40.5 Å². The van der Waals surface area contributed by atoms with Crippen LogP contribution in [0.1, 0.15) is 16.9 Å². The average Bonchev–Trinajstić information content (AvgIpc) is 3.55. The Morgan fingerprint density at radius 2 is 1.95 bits per heavy atom. The molecular weight excluding hydrogens is 476 g/mol. The van der Waals surface area contributed by atoms with E-state index in [1.165, 1.54) is 0 Å². The van der Waals surface area contributed by atoms with Gasteiger partial charge in [0.1, 0.15) is 11.5 Å². The van der Waals surface area contributed by atoms with Crippen molar-refractivity contribution in [1.29, 1.82) is 0 Å². The SMILES string of the molecule is Nc1ccc(-c2cccc(C(=O)Nc3cc4oc(N5CCOCC5)nc4nc3N3CC[C@@H](O)C3)n2)cn1. The number of aliphatic hydroxyl groups is 1. The molecule has 0 unspecified atom stereocenters. The first-order valence-electron chi connectivity index (χ1n) is 12.1. The van der Waals surface area contributed by atoms with Crippen molar-refractivity contribution in [1.82, 2.24) is 19.9 Å². The van der Waals surface area contributed by atoms with Crippen molar-refractivity contribution in [3.63, 3.8) is 0 Å². The maximum Gasteiger partial charge on any atom is 0.300 e. The van der Waals surface area contributed by atoms with E-state index < -0.39 is 12.0 Å². The van der Waals surface area contributed by atoms with Gasteiger partial charge in [0.05, 0.1) is 30.7 Å². The second kappa shape index (κ2) is 9.64. The fourth-order valence-corrected chi connectivity index (χ4v) is 4.47. The summed E-state index contributed by atoms with van der Waals surface area (Å²) in [4.78, 5) is 35.2. The van der Waals surface area contributed by atoms with Gasteiger partial charge in [0.15, 0.2) is 11.4 Å². The van der Waals surface area contributed by atoms with Gasteiger partial charge in [-0.25, -0.2) is 15.0 Å². The molecule has 1 atom stereocenters. The Labute approximate surface area is 212 Å². The molecule has 12 heteroatoms. The number of nitrogen functional groups attached to an aromatic ring is 1. The molecule has 4 aromatic heterocycles. The number of amides is 1. The van der Waals surface area contributed by atoms with Crippen LogP contribution in [0.25, 0.3) is 22.5 Å². The van der Waals surface area contributed by atoms with Gasteiger partial charge in [-0.2, -0.15) is 4.98 Å². The molecule has 0 radical (unpaired) electrons. The van der Waals surface area contributed by atoms with Crippen LogP contribution in [0, 0.1) is 0 Å². The van der Waals surface area contributed by atoms with Gasteiger partial charge in [-0.15, -0.1) is 0 Å². The highest BCUT2D eigenvalue weighted by atomic mass is 16.5. The van der Waals surface area contributed by atoms with Crippen LogP contribution in [0.3, 0.4) is 0 Å². The molecule has 4 aromatic rings. The molecule has 0 bridgehead atoms. The van der Waals surface area contributed by atoms with Gasteiger partial charge in [0, 0.05) is 44.0 Å². The van der Waals surface area contributed by atoms with Crippen molar-refractivity contribution < 1.29 is 19.1 Å². The van der Waals surface area contributed by atoms with Crippen molar-refractivity contribution in [2.24, 2.45) is 0 Å². The summed E-state index contributed by atoms with van der Waals surface area (Å²) in [5, 5.41) is 13.1. The molecule has 6 rings (SSSR count). The lowest BCUT2D eigenvalue weighted by atomic mass is 10.1. The molecule has 37 heavy (non-hydrogen) atoms. The number of nitrogens with two attached hydrogens (primary N) is 1. The van der Waals surface area contributed by atoms with E-state index >= 15 is 0 Å². The lowest BCUT2D eigenvalue weighted by Gasteiger charge is -2.24. The molecule has 0 aliphatic carbocycles. The van der Waals surface area contributed by atoms with E-state index in [2.05, 4.69) is 20.3 Å². The van der Waals surface area contributed by atoms with Crippen molar-refractivity contribution in [2.75, 3.05) is 60.2 Å². The summed E-state index contributed by atoms with van der Waals surface area (Å²) >= 11 is 0. The van der Waals surface area contributed by atoms with E-state index in [1.807, 2.05) is 9.80 Å². The molecule has 2 aliphatic rings. The van der Waals surface area contributed by atoms with Gasteiger partial charge in [-0.1, -0.05) is 6.07 Å². The normalized spacial score (nSPS) is 17.9. The second-order valence-corrected chi connectivity index (χ2v) is 9.00. The van der Waals surface area contributed by atoms with Crippen LogP contribution in [-0.4, -0.2) is 76.4 Å². The highest BCUT2D eigenvalue weighted by Crippen LogP contribution is 2.33. The average molecular weight is 503 g/mol. The van der Waals surface area contributed by atoms with Crippen molar-refractivity contribution in [3.8, 4) is 11.3 Å². The van der Waals surface area contributed by atoms with Crippen LogP contribution in [0.15, 0.2) is 47.0 Å². The Hall–Kier alpha value is -4.29. The van der Waals surface area contributed by atoms with Gasteiger partial charge in [-0.05, 0) is 30.7 Å². The molecule has 0 aromatic carbocycles. The number of β-amino-alcohol motifs (C(OH)–C–C–N with tert-alkyl or cyclic N) is 1. The van der Waals surface area contributed by atoms with E-state index in [9.17, 15) is 9.90 Å². The Morgan fingerprint density at radius 3 is 2.70 bits per heavy atom. The number of pyridine rings is 3. The summed E-state index contributed by atoms with van der Waals surface area (Å²) in [6.07, 6.45) is 1.77. The molecule has 0 spiro atoms. The quantitative estimate of drug-likeness (QED) is 0.366. The second-order valence-electron chi connectivity index (χ2n) is 9.00. The first-order valence-corrected chi connectivity index (χ1v) is 12.1. The molecule has 2 saturated heterocycles. The summed E-state index contributed by atoms with van der Waals surface area (Å²) in [5.41, 5.74) is 8.61. The number of carbonyl (C=O) groups excluding carboxylic acids is 1. The van der Waals surface area contributed by atoms with Crippen LogP contribution in [0.5, 0.6) is 0 Å². The van der Waals surface area contributed by atoms with Gasteiger partial charge in [-0.3, -0.25) is 4.79 Å². The smallest absolute Gasteiger partial charge is 0.300 e. The third-order valence-electron chi connectivity index (χ3n) is 6.41. The number of anilines is 4. The molecule has 190 valence electrons. The zero-order valence-corrected chi connectivity index (χ0v) is 20.0. The number of nitrogens with zero attached hydrogens (tertiary/aromatic N) is 6. The van der Waals surface area contributed by atoms with Crippen molar-refractivity contribution in [3.05, 3.63) is 48.3 Å². The van der Waals surface area contributed by atoms with E-state index in [4.69, 9.17) is 19.9 Å². The molecule has 2 aliphatic heterocycles. The summed E-state index contributed by atoms with van der Waals surface area (Å²) in [6, 6.07) is 10.9. The zero-order valence-electron chi connectivity index (χ0n) is 20.0. The van der Waals surface area contributed by atoms with E-state index in [-0.39, 0.29) is 5.69 Å². The standard InChI is InChI=1S/C25H26N8O4/c26-21-5-4-15(13-27-21)17-2-1-3-18(28-17)24(35)29-19-12-20-22(30-23(19)33-7-6-16(34)14-33)31-25(37-20)32-8-10-36-11-9-32/h1-5,12-13,16,34H,6-11,14H2,(H2,26,27)(H,29,35)/t16-/m1/s1. The zero-order chi connectivity index (χ0) is 25.4. The number of carbonyl (C=O) groups is 1. The lowest BCUT2D eigenvalue weighted by Crippen LogP contribution is -2.36. The topological polar surface area (TPSA) is 156 Å². The summed E-state index contributed by atoms with van der Waals surface area (Å²) < 4.78 is 11.4. The maximum absolute atomic E-state index is 13.3. The highest BCUT2D eigenvalue weighted by Gasteiger charge is 2.27. The molecular formula is C25H26N8O4. The number of oxazole rings is 1. The molecule has 12 nitrogen and oxygen atoms in total. The van der Waals surface area contributed by atoms with Gasteiger partial charge in [0.25, 0.3) is 11.9 Å². The first kappa shape index (κ1) is 23.1. The van der Waals surface area contributed by atoms with Crippen LogP contribution in [-0.2, 0) is 4.74 Å². The minimum absolute atomic E-state index is 0.230. The molecule has 4 N–H and O–H groups in total. The number of hydrogen-bond donors (Lipinski definition) is 3. The fraction of sp³-hybridized carbons (Fsp3) is 0.320. The Morgan fingerprint density at radius 1 is 1.08 bits per heavy atom. The summed E-state index contributed by atoms with van der Waals surface area (Å²) in [5.74, 6) is 0.530. The van der Waals surface area contributed by atoms with Crippen LogP contribution < -0.4 is 20.9 Å². The number of morpholine rings is 1. The largest absolute Gasteiger partial charge is 0.422 e. The number of ether oxygens (including phenoxy) is 1. The summed E-state index contributed by atoms with van der Waals surface area (Å²) in [6.45, 7) is 3.56. The summed E-state index contributed by atoms with van der Waals surface area (Å²) in [7, 11) is 0. The third-order valence-corrected chi connectivity index (χ3v) is 6.41. The van der Waals surface area contributed by atoms with Crippen LogP contribution in [0.4, 0.5) is 23.3 Å². The molecule has 1 amide bonds. The van der Waals surface area contributed by atoms with Gasteiger partial charge >= 0.3 is 0 Å². The lowest BCUT2D eigenvalue weighted by molar-refractivity contribution is 0.102. The van der Waals surface area contributed by atoms with Gasteiger partial charge in [0.2, 0.25) is 5.65 Å². The number of aromatic nitrogens is 4. The van der Waals surface area contributed by atoms with Gasteiger partial charge < -0.3 is 35.1 Å². The monoisotopic (exact) mass is 502 g/mol. The first-order chi connectivity index (χ1) is 18.0. The fourth-order valence-electron chi connectivity index (χ4n) is 4.47. The molecule has 6 heterocycles. The number of hydrogen-bond acceptors (Lipinski definition) is 11. The minimum Gasteiger partial charge on any atom is -0.422 e. The maximum atomic E-state index is 13.3. The van der Waals surface area contributed by atoms with Crippen LogP contribution in [0.2, 0.25) is 0 Å². The molecule has 0 saturated carbocycles. The third kappa shape index (κ3) is 4.76. The Kier molecular flexibility index (Phi) is 6.02.